The second kappa shape index (κ2) is 4.23. The van der Waals surface area contributed by atoms with Crippen LogP contribution in [0.15, 0.2) is 28.7 Å². The Balaban J connectivity index is 1.80. The molecule has 2 rings (SSSR count). The van der Waals surface area contributed by atoms with E-state index < -0.39 is 5.97 Å². The average molecular weight is 271 g/mol. The maximum atomic E-state index is 10.6. The van der Waals surface area contributed by atoms with Gasteiger partial charge < -0.3 is 9.84 Å². The van der Waals surface area contributed by atoms with Gasteiger partial charge in [-0.15, -0.1) is 0 Å². The van der Waals surface area contributed by atoms with E-state index in [1.54, 1.807) is 0 Å². The van der Waals surface area contributed by atoms with Gasteiger partial charge in [0.1, 0.15) is 5.75 Å². The summed E-state index contributed by atoms with van der Waals surface area (Å²) in [7, 11) is 0. The van der Waals surface area contributed by atoms with Crippen molar-refractivity contribution in [2.75, 3.05) is 6.61 Å². The van der Waals surface area contributed by atoms with Crippen LogP contribution in [-0.2, 0) is 4.79 Å². The lowest BCUT2D eigenvalue weighted by Gasteiger charge is -2.04. The van der Waals surface area contributed by atoms with E-state index in [-0.39, 0.29) is 11.8 Å². The van der Waals surface area contributed by atoms with Crippen LogP contribution in [0.25, 0.3) is 0 Å². The summed E-state index contributed by atoms with van der Waals surface area (Å²) in [6.07, 6.45) is 0.742. The number of hydrogen-bond donors (Lipinski definition) is 1. The Morgan fingerprint density at radius 1 is 1.47 bits per heavy atom. The van der Waals surface area contributed by atoms with Gasteiger partial charge in [-0.2, -0.15) is 0 Å². The molecule has 0 aliphatic heterocycles. The molecular formula is C11H11BrO3. The fraction of sp³-hybridized carbons (Fsp3) is 0.364. The Morgan fingerprint density at radius 3 is 2.67 bits per heavy atom. The monoisotopic (exact) mass is 270 g/mol. The number of carboxylic acid groups (broad SMARTS) is 1. The Hall–Kier alpha value is -1.03. The Morgan fingerprint density at radius 2 is 2.13 bits per heavy atom. The summed E-state index contributed by atoms with van der Waals surface area (Å²) in [5, 5.41) is 8.70. The van der Waals surface area contributed by atoms with Gasteiger partial charge in [-0.1, -0.05) is 15.9 Å². The number of rotatable bonds is 4. The standard InChI is InChI=1S/C11H11BrO3/c12-8-1-3-9(4-2-8)15-6-7-5-10(7)11(13)14/h1-4,7,10H,5-6H2,(H,13,14). The van der Waals surface area contributed by atoms with Crippen LogP contribution in [0.5, 0.6) is 5.75 Å². The molecule has 1 saturated carbocycles. The zero-order valence-corrected chi connectivity index (χ0v) is 9.61. The highest BCUT2D eigenvalue weighted by Gasteiger charge is 2.43. The Labute approximate surface area is 96.2 Å². The van der Waals surface area contributed by atoms with Crippen molar-refractivity contribution in [3.05, 3.63) is 28.7 Å². The minimum atomic E-state index is -0.709. The normalized spacial score (nSPS) is 23.5. The largest absolute Gasteiger partial charge is 0.493 e. The molecule has 0 radical (unpaired) electrons. The molecule has 0 bridgehead atoms. The van der Waals surface area contributed by atoms with Crippen molar-refractivity contribution in [3.63, 3.8) is 0 Å². The number of hydrogen-bond acceptors (Lipinski definition) is 2. The summed E-state index contributed by atoms with van der Waals surface area (Å²) in [6, 6.07) is 7.53. The summed E-state index contributed by atoms with van der Waals surface area (Å²) in [6.45, 7) is 0.499. The molecule has 80 valence electrons. The third-order valence-electron chi connectivity index (χ3n) is 2.52. The zero-order chi connectivity index (χ0) is 10.8. The first-order valence-corrected chi connectivity index (χ1v) is 5.57. The molecule has 1 aromatic carbocycles. The summed E-state index contributed by atoms with van der Waals surface area (Å²) in [4.78, 5) is 10.6. The predicted octanol–water partition coefficient (Wildman–Crippen LogP) is 2.55. The van der Waals surface area contributed by atoms with Crippen molar-refractivity contribution in [2.45, 2.75) is 6.42 Å². The third kappa shape index (κ3) is 2.72. The van der Waals surface area contributed by atoms with Gasteiger partial charge in [0, 0.05) is 10.4 Å². The lowest BCUT2D eigenvalue weighted by molar-refractivity contribution is -0.138. The van der Waals surface area contributed by atoms with Gasteiger partial charge in [0.05, 0.1) is 12.5 Å². The molecule has 0 amide bonds. The SMILES string of the molecule is O=C(O)C1CC1COc1ccc(Br)cc1. The van der Waals surface area contributed by atoms with E-state index in [1.807, 2.05) is 24.3 Å². The highest BCUT2D eigenvalue weighted by atomic mass is 79.9. The molecule has 1 fully saturated rings. The van der Waals surface area contributed by atoms with Crippen molar-refractivity contribution in [1.29, 1.82) is 0 Å². The van der Waals surface area contributed by atoms with E-state index in [1.165, 1.54) is 0 Å². The van der Waals surface area contributed by atoms with Crippen molar-refractivity contribution < 1.29 is 14.6 Å². The van der Waals surface area contributed by atoms with Gasteiger partial charge in [-0.3, -0.25) is 4.79 Å². The third-order valence-corrected chi connectivity index (χ3v) is 3.05. The van der Waals surface area contributed by atoms with Crippen molar-refractivity contribution in [2.24, 2.45) is 11.8 Å². The van der Waals surface area contributed by atoms with Crippen molar-refractivity contribution in [3.8, 4) is 5.75 Å². The molecule has 1 N–H and O–H groups in total. The van der Waals surface area contributed by atoms with Gasteiger partial charge in [-0.05, 0) is 30.7 Å². The van der Waals surface area contributed by atoms with Crippen LogP contribution < -0.4 is 4.74 Å². The number of benzene rings is 1. The Kier molecular flexibility index (Phi) is 2.95. The molecular weight excluding hydrogens is 260 g/mol. The summed E-state index contributed by atoms with van der Waals surface area (Å²) >= 11 is 3.33. The molecule has 2 atom stereocenters. The predicted molar refractivity (Wildman–Crippen MR) is 58.9 cm³/mol. The molecule has 0 heterocycles. The van der Waals surface area contributed by atoms with Gasteiger partial charge >= 0.3 is 5.97 Å². The first-order valence-electron chi connectivity index (χ1n) is 4.78. The fourth-order valence-electron chi connectivity index (χ4n) is 1.47. The van der Waals surface area contributed by atoms with Crippen LogP contribution >= 0.6 is 15.9 Å². The second-order valence-corrected chi connectivity index (χ2v) is 4.62. The second-order valence-electron chi connectivity index (χ2n) is 3.71. The maximum Gasteiger partial charge on any atom is 0.306 e. The quantitative estimate of drug-likeness (QED) is 0.915. The molecule has 0 spiro atoms. The van der Waals surface area contributed by atoms with E-state index in [9.17, 15) is 4.79 Å². The maximum absolute atomic E-state index is 10.6. The van der Waals surface area contributed by atoms with E-state index in [2.05, 4.69) is 15.9 Å². The molecule has 15 heavy (non-hydrogen) atoms. The minimum absolute atomic E-state index is 0.186. The highest BCUT2D eigenvalue weighted by Crippen LogP contribution is 2.38. The van der Waals surface area contributed by atoms with Crippen LogP contribution in [0.3, 0.4) is 0 Å². The molecule has 3 nitrogen and oxygen atoms in total. The molecule has 2 unspecified atom stereocenters. The summed E-state index contributed by atoms with van der Waals surface area (Å²) in [5.41, 5.74) is 0. The smallest absolute Gasteiger partial charge is 0.306 e. The lowest BCUT2D eigenvalue weighted by Crippen LogP contribution is -2.06. The zero-order valence-electron chi connectivity index (χ0n) is 8.02. The summed E-state index contributed by atoms with van der Waals surface area (Å²) in [5.74, 6) is 0.0697. The van der Waals surface area contributed by atoms with Gasteiger partial charge in [0.15, 0.2) is 0 Å². The van der Waals surface area contributed by atoms with E-state index >= 15 is 0 Å². The van der Waals surface area contributed by atoms with Crippen LogP contribution in [0.2, 0.25) is 0 Å². The van der Waals surface area contributed by atoms with Crippen molar-refractivity contribution >= 4 is 21.9 Å². The van der Waals surface area contributed by atoms with Gasteiger partial charge in [0.25, 0.3) is 0 Å². The average Bonchev–Trinajstić information content (AvgIpc) is 2.96. The number of aliphatic carboxylic acids is 1. The minimum Gasteiger partial charge on any atom is -0.493 e. The van der Waals surface area contributed by atoms with Crippen LogP contribution in [0.4, 0.5) is 0 Å². The number of carboxylic acids is 1. The molecule has 1 aliphatic rings. The molecule has 0 saturated heterocycles. The first kappa shape index (κ1) is 10.5. The lowest BCUT2D eigenvalue weighted by atomic mass is 10.3. The number of halogens is 1. The number of carbonyl (C=O) groups is 1. The van der Waals surface area contributed by atoms with Crippen LogP contribution in [0, 0.1) is 11.8 Å². The van der Waals surface area contributed by atoms with Crippen molar-refractivity contribution in [1.82, 2.24) is 0 Å². The highest BCUT2D eigenvalue weighted by molar-refractivity contribution is 9.10. The van der Waals surface area contributed by atoms with E-state index in [4.69, 9.17) is 9.84 Å². The van der Waals surface area contributed by atoms with Gasteiger partial charge in [-0.25, -0.2) is 0 Å². The van der Waals surface area contributed by atoms with Crippen LogP contribution in [-0.4, -0.2) is 17.7 Å². The first-order chi connectivity index (χ1) is 7.16. The summed E-state index contributed by atoms with van der Waals surface area (Å²) < 4.78 is 6.49. The molecule has 1 aliphatic carbocycles. The van der Waals surface area contributed by atoms with E-state index in [0.717, 1.165) is 16.6 Å². The fourth-order valence-corrected chi connectivity index (χ4v) is 1.73. The Bertz CT molecular complexity index is 361. The number of ether oxygens (including phenoxy) is 1. The van der Waals surface area contributed by atoms with Crippen LogP contribution in [0.1, 0.15) is 6.42 Å². The molecule has 0 aromatic heterocycles. The van der Waals surface area contributed by atoms with E-state index in [0.29, 0.717) is 6.61 Å². The molecule has 1 aromatic rings. The van der Waals surface area contributed by atoms with Gasteiger partial charge in [0.2, 0.25) is 0 Å². The molecule has 4 heteroatoms. The topological polar surface area (TPSA) is 46.5 Å².